The first-order valence-electron chi connectivity index (χ1n) is 27.3. The normalized spacial score (nSPS) is 16.3. The lowest BCUT2D eigenvalue weighted by atomic mass is 9.72. The molecule has 2 aromatic heterocycles. The van der Waals surface area contributed by atoms with Gasteiger partial charge in [-0.05, 0) is 158 Å². The van der Waals surface area contributed by atoms with Crippen LogP contribution in [0.3, 0.4) is 0 Å². The van der Waals surface area contributed by atoms with Crippen LogP contribution in [0.1, 0.15) is 99.9 Å². The molecule has 76 heavy (non-hydrogen) atoms. The zero-order valence-corrected chi connectivity index (χ0v) is 44.1. The Bertz CT molecular complexity index is 4560. The number of furan rings is 2. The second-order valence-electron chi connectivity index (χ2n) is 24.6. The standard InChI is InChI=1S/C74H54O2/c1-71(2)53-29-17-13-25-43(53)61-41-23-11-9-21-39(41)49(35-55(61)71)51-37-57-63(65-45-27-15-19-31-59(45)75-69(51)65)47-33-34-48-64-58(74(7,8)68(48)67(47)73(57,5)6)38-52(70-66(64)46-28-16-20-32-60(46)76-70)50-36-56-62(42-24-12-10-22-40(42)50)44-26-14-18-30-54(44)72(56,3)4/h9-38H,1-8H3. The average Bonchev–Trinajstić information content (AvgIpc) is 4.26. The Hall–Kier alpha value is -8.46. The fraction of sp³-hybridized carbons (Fsp3) is 0.162. The summed E-state index contributed by atoms with van der Waals surface area (Å²) in [7, 11) is 0. The third-order valence-corrected chi connectivity index (χ3v) is 19.4. The summed E-state index contributed by atoms with van der Waals surface area (Å²) >= 11 is 0. The van der Waals surface area contributed by atoms with Gasteiger partial charge in [0.2, 0.25) is 0 Å². The van der Waals surface area contributed by atoms with E-state index in [0.717, 1.165) is 44.2 Å². The molecule has 0 aliphatic heterocycles. The van der Waals surface area contributed by atoms with E-state index in [1.54, 1.807) is 0 Å². The lowest BCUT2D eigenvalue weighted by Gasteiger charge is -2.31. The van der Waals surface area contributed by atoms with Crippen LogP contribution >= 0.6 is 0 Å². The summed E-state index contributed by atoms with van der Waals surface area (Å²) in [4.78, 5) is 0. The van der Waals surface area contributed by atoms with Gasteiger partial charge in [-0.1, -0.05) is 201 Å². The molecule has 0 bridgehead atoms. The van der Waals surface area contributed by atoms with Crippen molar-refractivity contribution in [1.29, 1.82) is 0 Å². The molecule has 4 aliphatic rings. The topological polar surface area (TPSA) is 26.3 Å². The molecular weight excluding hydrogens is 921 g/mol. The highest BCUT2D eigenvalue weighted by molar-refractivity contribution is 6.24. The first kappa shape index (κ1) is 42.8. The Morgan fingerprint density at radius 1 is 0.250 bits per heavy atom. The third kappa shape index (κ3) is 4.96. The van der Waals surface area contributed by atoms with Crippen molar-refractivity contribution in [3.05, 3.63) is 226 Å². The summed E-state index contributed by atoms with van der Waals surface area (Å²) in [5.41, 5.74) is 29.0. The molecule has 0 saturated carbocycles. The molecule has 0 spiro atoms. The Labute approximate surface area is 442 Å². The van der Waals surface area contributed by atoms with Gasteiger partial charge in [0.15, 0.2) is 0 Å². The van der Waals surface area contributed by atoms with E-state index in [2.05, 4.69) is 237 Å². The zero-order valence-electron chi connectivity index (χ0n) is 44.1. The van der Waals surface area contributed by atoms with Crippen molar-refractivity contribution in [2.75, 3.05) is 0 Å². The van der Waals surface area contributed by atoms with Crippen molar-refractivity contribution < 1.29 is 8.83 Å². The Balaban J connectivity index is 0.936. The smallest absolute Gasteiger partial charge is 0.143 e. The van der Waals surface area contributed by atoms with E-state index < -0.39 is 0 Å². The van der Waals surface area contributed by atoms with Crippen LogP contribution in [0.25, 0.3) is 132 Å². The molecule has 2 heteroatoms. The van der Waals surface area contributed by atoms with Crippen LogP contribution in [0, 0.1) is 0 Å². The molecular formula is C74H54O2. The first-order valence-corrected chi connectivity index (χ1v) is 27.3. The molecule has 0 N–H and O–H groups in total. The Kier molecular flexibility index (Phi) is 7.82. The predicted octanol–water partition coefficient (Wildman–Crippen LogP) is 20.4. The number of rotatable bonds is 2. The molecule has 0 unspecified atom stereocenters. The van der Waals surface area contributed by atoms with Crippen LogP contribution in [-0.2, 0) is 21.7 Å². The van der Waals surface area contributed by atoms with E-state index in [0.29, 0.717) is 0 Å². The number of benzene rings is 11. The van der Waals surface area contributed by atoms with E-state index in [-0.39, 0.29) is 21.7 Å². The van der Waals surface area contributed by atoms with Crippen LogP contribution in [0.2, 0.25) is 0 Å². The summed E-state index contributed by atoms with van der Waals surface area (Å²) in [5, 5.41) is 9.79. The highest BCUT2D eigenvalue weighted by Crippen LogP contribution is 2.65. The van der Waals surface area contributed by atoms with Gasteiger partial charge in [-0.2, -0.15) is 0 Å². The number of fused-ring (bicyclic) bond motifs is 25. The minimum Gasteiger partial charge on any atom is -0.455 e. The molecule has 4 aliphatic carbocycles. The lowest BCUT2D eigenvalue weighted by molar-refractivity contribution is 0.601. The Morgan fingerprint density at radius 3 is 1.00 bits per heavy atom. The summed E-state index contributed by atoms with van der Waals surface area (Å²) in [5.74, 6) is 0. The molecule has 0 amide bonds. The third-order valence-electron chi connectivity index (χ3n) is 19.4. The zero-order chi connectivity index (χ0) is 51.1. The van der Waals surface area contributed by atoms with Crippen molar-refractivity contribution in [3.8, 4) is 66.8 Å². The largest absolute Gasteiger partial charge is 0.455 e. The maximum absolute atomic E-state index is 7.23. The SMILES string of the molecule is CC1(C)c2ccccc2-c2c1cc(-c1cc3c(c4c1oc1ccccc14)-c1ccc4c(c1C3(C)C)C(C)(C)c1cc(-c3cc5c(c6ccccc36)-c3ccccc3C5(C)C)c3oc5ccccc5c3c1-4)c1ccccc21. The van der Waals surface area contributed by atoms with Gasteiger partial charge in [-0.3, -0.25) is 0 Å². The molecule has 2 heterocycles. The molecule has 17 rings (SSSR count). The number of hydrogen-bond acceptors (Lipinski definition) is 2. The minimum atomic E-state index is -0.379. The first-order chi connectivity index (χ1) is 36.8. The van der Waals surface area contributed by atoms with Gasteiger partial charge in [0, 0.05) is 54.3 Å². The average molecular weight is 975 g/mol. The van der Waals surface area contributed by atoms with Crippen LogP contribution in [0.4, 0.5) is 0 Å². The van der Waals surface area contributed by atoms with E-state index in [9.17, 15) is 0 Å². The van der Waals surface area contributed by atoms with E-state index in [1.807, 2.05) is 0 Å². The summed E-state index contributed by atoms with van der Waals surface area (Å²) in [6, 6.07) is 68.6. The van der Waals surface area contributed by atoms with Gasteiger partial charge >= 0.3 is 0 Å². The molecule has 0 fully saturated rings. The van der Waals surface area contributed by atoms with Crippen molar-refractivity contribution >= 4 is 65.4 Å². The number of hydrogen-bond donors (Lipinski definition) is 0. The van der Waals surface area contributed by atoms with Crippen molar-refractivity contribution in [1.82, 2.24) is 0 Å². The maximum Gasteiger partial charge on any atom is 0.143 e. The highest BCUT2D eigenvalue weighted by Gasteiger charge is 2.49. The monoisotopic (exact) mass is 974 g/mol. The fourth-order valence-corrected chi connectivity index (χ4v) is 15.9. The van der Waals surface area contributed by atoms with Gasteiger partial charge < -0.3 is 8.83 Å². The molecule has 0 radical (unpaired) electrons. The van der Waals surface area contributed by atoms with Gasteiger partial charge in [0.05, 0.1) is 0 Å². The van der Waals surface area contributed by atoms with Crippen LogP contribution in [0.15, 0.2) is 191 Å². The van der Waals surface area contributed by atoms with E-state index in [1.165, 1.54) is 132 Å². The molecule has 0 atom stereocenters. The second-order valence-corrected chi connectivity index (χ2v) is 24.6. The predicted molar refractivity (Wildman–Crippen MR) is 317 cm³/mol. The van der Waals surface area contributed by atoms with Gasteiger partial charge in [-0.25, -0.2) is 0 Å². The van der Waals surface area contributed by atoms with Gasteiger partial charge in [0.25, 0.3) is 0 Å². The molecule has 2 nitrogen and oxygen atoms in total. The Morgan fingerprint density at radius 2 is 0.579 bits per heavy atom. The fourth-order valence-electron chi connectivity index (χ4n) is 15.9. The lowest BCUT2D eigenvalue weighted by Crippen LogP contribution is -2.24. The quantitative estimate of drug-likeness (QED) is 0.173. The second kappa shape index (κ2) is 13.9. The molecule has 11 aromatic carbocycles. The molecule has 0 saturated heterocycles. The summed E-state index contributed by atoms with van der Waals surface area (Å²) < 4.78 is 14.5. The van der Waals surface area contributed by atoms with Crippen molar-refractivity contribution in [2.45, 2.75) is 77.0 Å². The minimum absolute atomic E-state index is 0.174. The highest BCUT2D eigenvalue weighted by atomic mass is 16.3. The molecule has 362 valence electrons. The summed E-state index contributed by atoms with van der Waals surface area (Å²) in [6.45, 7) is 19.5. The van der Waals surface area contributed by atoms with E-state index in [4.69, 9.17) is 8.83 Å². The van der Waals surface area contributed by atoms with Crippen LogP contribution in [0.5, 0.6) is 0 Å². The van der Waals surface area contributed by atoms with Gasteiger partial charge in [-0.15, -0.1) is 0 Å². The number of para-hydroxylation sites is 2. The summed E-state index contributed by atoms with van der Waals surface area (Å²) in [6.07, 6.45) is 0. The van der Waals surface area contributed by atoms with Crippen molar-refractivity contribution in [2.24, 2.45) is 0 Å². The van der Waals surface area contributed by atoms with Crippen molar-refractivity contribution in [3.63, 3.8) is 0 Å². The van der Waals surface area contributed by atoms with Gasteiger partial charge in [0.1, 0.15) is 22.3 Å². The van der Waals surface area contributed by atoms with Crippen LogP contribution < -0.4 is 0 Å². The van der Waals surface area contributed by atoms with E-state index >= 15 is 0 Å². The van der Waals surface area contributed by atoms with Crippen LogP contribution in [-0.4, -0.2) is 0 Å². The molecule has 13 aromatic rings. The maximum atomic E-state index is 7.23.